The van der Waals surface area contributed by atoms with Crippen molar-refractivity contribution in [3.05, 3.63) is 28.7 Å². The van der Waals surface area contributed by atoms with Gasteiger partial charge in [-0.05, 0) is 18.2 Å². The Labute approximate surface area is 127 Å². The van der Waals surface area contributed by atoms with Crippen LogP contribution in [0.5, 0.6) is 0 Å². The Balaban J connectivity index is 1.75. The van der Waals surface area contributed by atoms with Crippen molar-refractivity contribution in [2.45, 2.75) is 12.0 Å². The molecule has 1 aromatic carbocycles. The Hall–Kier alpha value is -0.950. The van der Waals surface area contributed by atoms with Crippen molar-refractivity contribution in [3.8, 4) is 0 Å². The van der Waals surface area contributed by atoms with Crippen molar-refractivity contribution in [3.63, 3.8) is 0 Å². The summed E-state index contributed by atoms with van der Waals surface area (Å²) >= 11 is 3.37. The second-order valence-electron chi connectivity index (χ2n) is 4.85. The molecule has 1 atom stereocenters. The number of nitrogens with one attached hydrogen (secondary N) is 2. The number of hydrogen-bond acceptors (Lipinski definition) is 4. The van der Waals surface area contributed by atoms with Crippen LogP contribution >= 0.6 is 15.9 Å². The third kappa shape index (κ3) is 4.28. The molecule has 0 aliphatic carbocycles. The third-order valence-electron chi connectivity index (χ3n) is 3.34. The van der Waals surface area contributed by atoms with Crippen LogP contribution in [0.25, 0.3) is 0 Å². The van der Waals surface area contributed by atoms with Gasteiger partial charge in [0.1, 0.15) is 5.60 Å². The summed E-state index contributed by atoms with van der Waals surface area (Å²) in [5.41, 5.74) is 0.479. The van der Waals surface area contributed by atoms with Gasteiger partial charge >= 0.3 is 0 Å². The van der Waals surface area contributed by atoms with Gasteiger partial charge in [-0.3, -0.25) is 4.79 Å². The van der Waals surface area contributed by atoms with Crippen LogP contribution in [-0.2, 0) is 14.3 Å². The molecular weight excluding hydrogens is 324 g/mol. The molecule has 1 saturated heterocycles. The van der Waals surface area contributed by atoms with Gasteiger partial charge in [-0.1, -0.05) is 22.0 Å². The molecule has 1 fully saturated rings. The number of halogens is 1. The molecular formula is C14H19BrN2O3. The number of rotatable bonds is 6. The van der Waals surface area contributed by atoms with E-state index in [2.05, 4.69) is 26.6 Å². The SMILES string of the molecule is COC1(CNCC(=O)Nc2cccc(Br)c2)CCOC1. The van der Waals surface area contributed by atoms with Crippen molar-refractivity contribution < 1.29 is 14.3 Å². The molecule has 0 spiro atoms. The second-order valence-corrected chi connectivity index (χ2v) is 5.77. The van der Waals surface area contributed by atoms with Gasteiger partial charge in [-0.15, -0.1) is 0 Å². The van der Waals surface area contributed by atoms with E-state index in [1.165, 1.54) is 0 Å². The highest BCUT2D eigenvalue weighted by atomic mass is 79.9. The van der Waals surface area contributed by atoms with Gasteiger partial charge in [0.15, 0.2) is 0 Å². The summed E-state index contributed by atoms with van der Waals surface area (Å²) in [4.78, 5) is 11.8. The van der Waals surface area contributed by atoms with E-state index in [0.717, 1.165) is 16.6 Å². The number of ether oxygens (including phenoxy) is 2. The van der Waals surface area contributed by atoms with E-state index < -0.39 is 0 Å². The zero-order chi connectivity index (χ0) is 14.4. The van der Waals surface area contributed by atoms with E-state index >= 15 is 0 Å². The van der Waals surface area contributed by atoms with Gasteiger partial charge < -0.3 is 20.1 Å². The molecule has 5 nitrogen and oxygen atoms in total. The van der Waals surface area contributed by atoms with Crippen molar-refractivity contribution in [1.29, 1.82) is 0 Å². The van der Waals surface area contributed by atoms with Crippen LogP contribution in [0.15, 0.2) is 28.7 Å². The summed E-state index contributed by atoms with van der Waals surface area (Å²) < 4.78 is 11.8. The molecule has 1 aliphatic rings. The van der Waals surface area contributed by atoms with E-state index in [4.69, 9.17) is 9.47 Å². The summed E-state index contributed by atoms with van der Waals surface area (Å²) in [6.45, 7) is 2.14. The van der Waals surface area contributed by atoms with E-state index in [1.54, 1.807) is 7.11 Å². The molecule has 2 rings (SSSR count). The molecule has 2 N–H and O–H groups in total. The number of amides is 1. The smallest absolute Gasteiger partial charge is 0.238 e. The first-order chi connectivity index (χ1) is 9.63. The predicted molar refractivity (Wildman–Crippen MR) is 80.8 cm³/mol. The van der Waals surface area contributed by atoms with E-state index in [1.807, 2.05) is 24.3 Å². The van der Waals surface area contributed by atoms with Crippen LogP contribution < -0.4 is 10.6 Å². The average Bonchev–Trinajstić information content (AvgIpc) is 2.88. The van der Waals surface area contributed by atoms with Crippen LogP contribution in [0.1, 0.15) is 6.42 Å². The molecule has 110 valence electrons. The monoisotopic (exact) mass is 342 g/mol. The van der Waals surface area contributed by atoms with Crippen LogP contribution in [-0.4, -0.2) is 44.9 Å². The van der Waals surface area contributed by atoms with E-state index in [9.17, 15) is 4.79 Å². The average molecular weight is 343 g/mol. The lowest BCUT2D eigenvalue weighted by Gasteiger charge is -2.25. The van der Waals surface area contributed by atoms with Crippen LogP contribution in [0.2, 0.25) is 0 Å². The maximum absolute atomic E-state index is 11.8. The summed E-state index contributed by atoms with van der Waals surface area (Å²) in [7, 11) is 1.68. The van der Waals surface area contributed by atoms with Gasteiger partial charge in [0.05, 0.1) is 13.2 Å². The van der Waals surface area contributed by atoms with Crippen molar-refractivity contribution in [2.75, 3.05) is 38.7 Å². The minimum absolute atomic E-state index is 0.0757. The van der Waals surface area contributed by atoms with Gasteiger partial charge in [-0.25, -0.2) is 0 Å². The molecule has 1 amide bonds. The number of anilines is 1. The van der Waals surface area contributed by atoms with Crippen LogP contribution in [0, 0.1) is 0 Å². The Kier molecular flexibility index (Phi) is 5.54. The topological polar surface area (TPSA) is 59.6 Å². The summed E-state index contributed by atoms with van der Waals surface area (Å²) in [6, 6.07) is 7.50. The number of carbonyl (C=O) groups excluding carboxylic acids is 1. The predicted octanol–water partition coefficient (Wildman–Crippen LogP) is 1.78. The first-order valence-electron chi connectivity index (χ1n) is 6.53. The fourth-order valence-corrected chi connectivity index (χ4v) is 2.54. The fraction of sp³-hybridized carbons (Fsp3) is 0.500. The minimum Gasteiger partial charge on any atom is -0.378 e. The zero-order valence-corrected chi connectivity index (χ0v) is 13.0. The number of carbonyl (C=O) groups is 1. The highest BCUT2D eigenvalue weighted by Crippen LogP contribution is 2.21. The van der Waals surface area contributed by atoms with Gasteiger partial charge in [0.2, 0.25) is 5.91 Å². The second kappa shape index (κ2) is 7.17. The largest absolute Gasteiger partial charge is 0.378 e. The van der Waals surface area contributed by atoms with Gasteiger partial charge in [0.25, 0.3) is 0 Å². The summed E-state index contributed by atoms with van der Waals surface area (Å²) in [6.07, 6.45) is 0.851. The van der Waals surface area contributed by atoms with E-state index in [0.29, 0.717) is 19.8 Å². The molecule has 6 heteroatoms. The Morgan fingerprint density at radius 1 is 1.55 bits per heavy atom. The quantitative estimate of drug-likeness (QED) is 0.827. The molecule has 1 unspecified atom stereocenters. The number of benzene rings is 1. The maximum atomic E-state index is 11.8. The molecule has 1 heterocycles. The number of methoxy groups -OCH3 is 1. The highest BCUT2D eigenvalue weighted by Gasteiger charge is 2.34. The van der Waals surface area contributed by atoms with Gasteiger partial charge in [0, 0.05) is 36.8 Å². The Morgan fingerprint density at radius 2 is 2.40 bits per heavy atom. The summed E-state index contributed by atoms with van der Waals surface area (Å²) in [5, 5.41) is 5.96. The summed E-state index contributed by atoms with van der Waals surface area (Å²) in [5.74, 6) is -0.0757. The molecule has 20 heavy (non-hydrogen) atoms. The van der Waals surface area contributed by atoms with Crippen molar-refractivity contribution in [2.24, 2.45) is 0 Å². The van der Waals surface area contributed by atoms with Gasteiger partial charge in [-0.2, -0.15) is 0 Å². The molecule has 0 bridgehead atoms. The zero-order valence-electron chi connectivity index (χ0n) is 11.4. The number of hydrogen-bond donors (Lipinski definition) is 2. The molecule has 1 aliphatic heterocycles. The normalized spacial score (nSPS) is 21.9. The molecule has 0 radical (unpaired) electrons. The Morgan fingerprint density at radius 3 is 3.05 bits per heavy atom. The first-order valence-corrected chi connectivity index (χ1v) is 7.32. The van der Waals surface area contributed by atoms with Crippen LogP contribution in [0.3, 0.4) is 0 Å². The molecule has 1 aromatic rings. The Bertz CT molecular complexity index is 461. The third-order valence-corrected chi connectivity index (χ3v) is 3.83. The molecule has 0 aromatic heterocycles. The first kappa shape index (κ1) is 15.4. The lowest BCUT2D eigenvalue weighted by Crippen LogP contribution is -2.45. The highest BCUT2D eigenvalue weighted by molar-refractivity contribution is 9.10. The van der Waals surface area contributed by atoms with Crippen molar-refractivity contribution >= 4 is 27.5 Å². The van der Waals surface area contributed by atoms with E-state index in [-0.39, 0.29) is 18.1 Å². The lowest BCUT2D eigenvalue weighted by molar-refractivity contribution is -0.115. The standard InChI is InChI=1S/C14H19BrN2O3/c1-19-14(5-6-20-10-14)9-16-8-13(18)17-12-4-2-3-11(15)7-12/h2-4,7,16H,5-6,8-10H2,1H3,(H,17,18). The molecule has 0 saturated carbocycles. The maximum Gasteiger partial charge on any atom is 0.238 e. The van der Waals surface area contributed by atoms with Crippen LogP contribution in [0.4, 0.5) is 5.69 Å². The fourth-order valence-electron chi connectivity index (χ4n) is 2.14. The lowest BCUT2D eigenvalue weighted by atomic mass is 10.0. The minimum atomic E-state index is -0.296. The van der Waals surface area contributed by atoms with Crippen molar-refractivity contribution in [1.82, 2.24) is 5.32 Å².